The Hall–Kier alpha value is -2.11. The van der Waals surface area contributed by atoms with E-state index in [-0.39, 0.29) is 5.91 Å². The minimum absolute atomic E-state index is 0.0159. The molecule has 3 nitrogen and oxygen atoms in total. The highest BCUT2D eigenvalue weighted by Crippen LogP contribution is 2.37. The van der Waals surface area contributed by atoms with Gasteiger partial charge >= 0.3 is 0 Å². The van der Waals surface area contributed by atoms with Gasteiger partial charge < -0.3 is 4.90 Å². The van der Waals surface area contributed by atoms with Gasteiger partial charge in [0.15, 0.2) is 0 Å². The number of piperazine rings is 1. The van der Waals surface area contributed by atoms with Crippen molar-refractivity contribution in [1.29, 1.82) is 0 Å². The summed E-state index contributed by atoms with van der Waals surface area (Å²) >= 11 is 14.0. The quantitative estimate of drug-likeness (QED) is 0.361. The molecule has 1 aromatic heterocycles. The molecule has 1 aliphatic heterocycles. The number of carbonyl (C=O) groups excluding carboxylic acids is 1. The van der Waals surface area contributed by atoms with Crippen LogP contribution in [0.2, 0.25) is 10.0 Å². The van der Waals surface area contributed by atoms with Gasteiger partial charge in [0.2, 0.25) is 0 Å². The highest BCUT2D eigenvalue weighted by Gasteiger charge is 2.26. The Morgan fingerprint density at radius 1 is 0.900 bits per heavy atom. The molecule has 0 saturated carbocycles. The molecule has 0 spiro atoms. The van der Waals surface area contributed by atoms with Crippen molar-refractivity contribution < 1.29 is 4.79 Å². The minimum atomic E-state index is 0.0159. The molecular weight excluding hydrogens is 435 g/mol. The second-order valence-corrected chi connectivity index (χ2v) is 9.46. The summed E-state index contributed by atoms with van der Waals surface area (Å²) in [7, 11) is 0. The second-order valence-electron chi connectivity index (χ2n) is 7.59. The average molecular weight is 455 g/mol. The molecule has 1 fully saturated rings. The van der Waals surface area contributed by atoms with E-state index in [0.717, 1.165) is 29.7 Å². The van der Waals surface area contributed by atoms with E-state index in [2.05, 4.69) is 47.4 Å². The average Bonchev–Trinajstić information content (AvgIpc) is 3.09. The summed E-state index contributed by atoms with van der Waals surface area (Å²) in [6.45, 7) is 4.00. The number of nitrogens with zero attached hydrogens (tertiary/aromatic N) is 2. The first-order chi connectivity index (χ1) is 14.6. The summed E-state index contributed by atoms with van der Waals surface area (Å²) < 4.78 is 0.949. The van der Waals surface area contributed by atoms with Crippen LogP contribution in [0.25, 0.3) is 20.9 Å². The van der Waals surface area contributed by atoms with Gasteiger partial charge in [-0.15, -0.1) is 11.3 Å². The lowest BCUT2D eigenvalue weighted by molar-refractivity contribution is 0.0634. The number of amides is 1. The van der Waals surface area contributed by atoms with Crippen molar-refractivity contribution in [3.8, 4) is 0 Å². The number of hydrogen-bond donors (Lipinski definition) is 0. The van der Waals surface area contributed by atoms with Crippen molar-refractivity contribution >= 4 is 61.3 Å². The number of halogens is 2. The first kappa shape index (κ1) is 19.8. The maximum atomic E-state index is 13.1. The van der Waals surface area contributed by atoms with Gasteiger partial charge in [0.1, 0.15) is 4.88 Å². The Balaban J connectivity index is 1.29. The molecule has 1 aliphatic rings. The molecule has 5 rings (SSSR count). The minimum Gasteiger partial charge on any atom is -0.335 e. The summed E-state index contributed by atoms with van der Waals surface area (Å²) in [6, 6.07) is 20.5. The maximum Gasteiger partial charge on any atom is 0.265 e. The van der Waals surface area contributed by atoms with Gasteiger partial charge in [0.25, 0.3) is 5.91 Å². The zero-order valence-electron chi connectivity index (χ0n) is 16.3. The predicted molar refractivity (Wildman–Crippen MR) is 127 cm³/mol. The maximum absolute atomic E-state index is 13.1. The Labute approximate surface area is 189 Å². The molecule has 152 valence electrons. The van der Waals surface area contributed by atoms with Crippen molar-refractivity contribution in [2.24, 2.45) is 0 Å². The van der Waals surface area contributed by atoms with Crippen LogP contribution in [-0.2, 0) is 6.54 Å². The van der Waals surface area contributed by atoms with Crippen LogP contribution in [0.3, 0.4) is 0 Å². The highest BCUT2D eigenvalue weighted by molar-refractivity contribution is 7.21. The smallest absolute Gasteiger partial charge is 0.265 e. The Bertz CT molecular complexity index is 1240. The Morgan fingerprint density at radius 3 is 2.50 bits per heavy atom. The van der Waals surface area contributed by atoms with Crippen LogP contribution in [0.1, 0.15) is 15.2 Å². The van der Waals surface area contributed by atoms with Gasteiger partial charge in [0.05, 0.1) is 5.02 Å². The van der Waals surface area contributed by atoms with E-state index in [0.29, 0.717) is 28.0 Å². The molecule has 0 unspecified atom stereocenters. The van der Waals surface area contributed by atoms with Crippen molar-refractivity contribution in [1.82, 2.24) is 9.80 Å². The van der Waals surface area contributed by atoms with E-state index in [9.17, 15) is 4.79 Å². The molecule has 4 aromatic rings. The molecule has 0 bridgehead atoms. The SMILES string of the molecule is O=C(c1sc2cc(Cl)ccc2c1Cl)N1CCN(Cc2cccc3ccccc23)CC1. The largest absolute Gasteiger partial charge is 0.335 e. The summed E-state index contributed by atoms with van der Waals surface area (Å²) in [5, 5.41) is 4.65. The van der Waals surface area contributed by atoms with Crippen LogP contribution in [0, 0.1) is 0 Å². The molecule has 6 heteroatoms. The summed E-state index contributed by atoms with van der Waals surface area (Å²) in [6.07, 6.45) is 0. The van der Waals surface area contributed by atoms with Crippen LogP contribution < -0.4 is 0 Å². The van der Waals surface area contributed by atoms with Gasteiger partial charge in [-0.05, 0) is 28.5 Å². The Morgan fingerprint density at radius 2 is 1.67 bits per heavy atom. The highest BCUT2D eigenvalue weighted by atomic mass is 35.5. The molecule has 0 atom stereocenters. The number of carbonyl (C=O) groups is 1. The third-order valence-electron chi connectivity index (χ3n) is 5.72. The lowest BCUT2D eigenvalue weighted by Gasteiger charge is -2.34. The van der Waals surface area contributed by atoms with E-state index < -0.39 is 0 Å². The van der Waals surface area contributed by atoms with Crippen LogP contribution >= 0.6 is 34.5 Å². The summed E-state index contributed by atoms with van der Waals surface area (Å²) in [5.74, 6) is 0.0159. The summed E-state index contributed by atoms with van der Waals surface area (Å²) in [5.41, 5.74) is 1.33. The lowest BCUT2D eigenvalue weighted by atomic mass is 10.0. The van der Waals surface area contributed by atoms with E-state index in [1.165, 1.54) is 27.7 Å². The molecule has 0 aliphatic carbocycles. The van der Waals surface area contributed by atoms with Crippen LogP contribution in [-0.4, -0.2) is 41.9 Å². The number of hydrogen-bond acceptors (Lipinski definition) is 3. The molecule has 30 heavy (non-hydrogen) atoms. The molecule has 3 aromatic carbocycles. The zero-order chi connectivity index (χ0) is 20.7. The van der Waals surface area contributed by atoms with Gasteiger partial charge in [-0.25, -0.2) is 0 Å². The second kappa shape index (κ2) is 8.20. The Kier molecular flexibility index (Phi) is 5.42. The van der Waals surface area contributed by atoms with E-state index >= 15 is 0 Å². The van der Waals surface area contributed by atoms with Crippen molar-refractivity contribution in [3.05, 3.63) is 81.1 Å². The van der Waals surface area contributed by atoms with Crippen molar-refractivity contribution in [2.75, 3.05) is 26.2 Å². The van der Waals surface area contributed by atoms with Gasteiger partial charge in [-0.1, -0.05) is 71.7 Å². The number of thiophene rings is 1. The monoisotopic (exact) mass is 454 g/mol. The number of benzene rings is 3. The topological polar surface area (TPSA) is 23.6 Å². The first-order valence-electron chi connectivity index (χ1n) is 9.96. The van der Waals surface area contributed by atoms with Gasteiger partial charge in [-0.2, -0.15) is 0 Å². The van der Waals surface area contributed by atoms with Crippen LogP contribution in [0.4, 0.5) is 0 Å². The van der Waals surface area contributed by atoms with Crippen LogP contribution in [0.5, 0.6) is 0 Å². The molecule has 1 saturated heterocycles. The van der Waals surface area contributed by atoms with Gasteiger partial charge in [-0.3, -0.25) is 9.69 Å². The zero-order valence-corrected chi connectivity index (χ0v) is 18.6. The first-order valence-corrected chi connectivity index (χ1v) is 11.5. The van der Waals surface area contributed by atoms with E-state index in [4.69, 9.17) is 23.2 Å². The molecule has 1 amide bonds. The number of fused-ring (bicyclic) bond motifs is 2. The van der Waals surface area contributed by atoms with E-state index in [1.807, 2.05) is 23.1 Å². The normalized spacial score (nSPS) is 15.2. The standard InChI is InChI=1S/C24H20Cl2N2OS/c25-18-8-9-20-21(14-18)30-23(22(20)26)24(29)28-12-10-27(11-13-28)15-17-6-3-5-16-4-1-2-7-19(16)17/h1-9,14H,10-13,15H2. The third kappa shape index (κ3) is 3.69. The number of rotatable bonds is 3. The summed E-state index contributed by atoms with van der Waals surface area (Å²) in [4.78, 5) is 18.1. The third-order valence-corrected chi connectivity index (χ3v) is 7.60. The lowest BCUT2D eigenvalue weighted by Crippen LogP contribution is -2.48. The van der Waals surface area contributed by atoms with Crippen molar-refractivity contribution in [2.45, 2.75) is 6.54 Å². The molecular formula is C24H20Cl2N2OS. The van der Waals surface area contributed by atoms with E-state index in [1.54, 1.807) is 0 Å². The molecule has 2 heterocycles. The van der Waals surface area contributed by atoms with Crippen molar-refractivity contribution in [3.63, 3.8) is 0 Å². The fourth-order valence-corrected chi connectivity index (χ4v) is 5.86. The fourth-order valence-electron chi connectivity index (χ4n) is 4.10. The van der Waals surface area contributed by atoms with Gasteiger partial charge in [0, 0.05) is 47.8 Å². The molecule has 0 radical (unpaired) electrons. The fraction of sp³-hybridized carbons (Fsp3) is 0.208. The molecule has 0 N–H and O–H groups in total. The predicted octanol–water partition coefficient (Wildman–Crippen LogP) is 6.32. The van der Waals surface area contributed by atoms with Crippen LogP contribution in [0.15, 0.2) is 60.7 Å².